The molecular weight excluding hydrogens is 410 g/mol. The lowest BCUT2D eigenvalue weighted by Crippen LogP contribution is -2.42. The predicted octanol–water partition coefficient (Wildman–Crippen LogP) is 2.69. The molecule has 172 valence electrons. The lowest BCUT2D eigenvalue weighted by Gasteiger charge is -2.32. The zero-order valence-electron chi connectivity index (χ0n) is 18.8. The van der Waals surface area contributed by atoms with E-state index >= 15 is 0 Å². The van der Waals surface area contributed by atoms with Crippen molar-refractivity contribution in [1.82, 2.24) is 9.88 Å². The van der Waals surface area contributed by atoms with Gasteiger partial charge in [0.05, 0.1) is 7.11 Å². The average molecular weight is 442 g/mol. The van der Waals surface area contributed by atoms with Gasteiger partial charge < -0.3 is 24.8 Å². The molecular formula is C24H31N3O5. The van der Waals surface area contributed by atoms with Crippen molar-refractivity contribution in [2.45, 2.75) is 32.8 Å². The van der Waals surface area contributed by atoms with Crippen LogP contribution in [0.4, 0.5) is 5.82 Å². The molecule has 3 rings (SSSR count). The van der Waals surface area contributed by atoms with E-state index in [-0.39, 0.29) is 24.2 Å². The number of amides is 1. The molecule has 2 N–H and O–H groups in total. The van der Waals surface area contributed by atoms with E-state index in [1.807, 2.05) is 13.0 Å². The van der Waals surface area contributed by atoms with Crippen molar-refractivity contribution in [3.63, 3.8) is 0 Å². The van der Waals surface area contributed by atoms with Crippen LogP contribution in [0, 0.1) is 12.8 Å². The Morgan fingerprint density at radius 1 is 1.22 bits per heavy atom. The molecule has 1 fully saturated rings. The molecule has 0 spiro atoms. The molecule has 0 radical (unpaired) electrons. The number of ether oxygens (including phenoxy) is 2. The van der Waals surface area contributed by atoms with Crippen LogP contribution in [0.2, 0.25) is 0 Å². The molecule has 1 saturated heterocycles. The summed E-state index contributed by atoms with van der Waals surface area (Å²) in [6, 6.07) is 8.71. The van der Waals surface area contributed by atoms with Gasteiger partial charge in [-0.15, -0.1) is 0 Å². The highest BCUT2D eigenvalue weighted by molar-refractivity contribution is 5.94. The van der Waals surface area contributed by atoms with E-state index in [4.69, 9.17) is 9.47 Å². The first-order valence-electron chi connectivity index (χ1n) is 10.8. The minimum Gasteiger partial charge on any atom is -0.493 e. The van der Waals surface area contributed by atoms with Crippen LogP contribution >= 0.6 is 0 Å². The normalized spacial score (nSPS) is 15.8. The summed E-state index contributed by atoms with van der Waals surface area (Å²) in [6.07, 6.45) is 2.50. The van der Waals surface area contributed by atoms with Gasteiger partial charge in [0, 0.05) is 24.2 Å². The second-order valence-corrected chi connectivity index (χ2v) is 8.17. The summed E-state index contributed by atoms with van der Waals surface area (Å²) < 4.78 is 11.0. The van der Waals surface area contributed by atoms with Crippen LogP contribution in [0.1, 0.15) is 35.7 Å². The minimum absolute atomic E-state index is 0.00834. The van der Waals surface area contributed by atoms with Crippen LogP contribution in [0.25, 0.3) is 0 Å². The summed E-state index contributed by atoms with van der Waals surface area (Å²) >= 11 is 0. The molecule has 0 saturated carbocycles. The maximum Gasteiger partial charge on any atom is 0.228 e. The quantitative estimate of drug-likeness (QED) is 0.577. The van der Waals surface area contributed by atoms with E-state index in [1.54, 1.807) is 30.5 Å². The third kappa shape index (κ3) is 6.51. The molecule has 0 bridgehead atoms. The summed E-state index contributed by atoms with van der Waals surface area (Å²) in [7, 11) is 1.51. The molecule has 8 heteroatoms. The Labute approximate surface area is 188 Å². The van der Waals surface area contributed by atoms with Crippen LogP contribution in [-0.2, 0) is 4.79 Å². The highest BCUT2D eigenvalue weighted by atomic mass is 16.5. The fourth-order valence-electron chi connectivity index (χ4n) is 3.69. The lowest BCUT2D eigenvalue weighted by atomic mass is 9.95. The van der Waals surface area contributed by atoms with Gasteiger partial charge in [0.25, 0.3) is 0 Å². The van der Waals surface area contributed by atoms with Gasteiger partial charge in [0.1, 0.15) is 18.5 Å². The summed E-state index contributed by atoms with van der Waals surface area (Å²) in [5.74, 6) is 1.39. The number of aliphatic hydroxyl groups is 1. The van der Waals surface area contributed by atoms with Gasteiger partial charge in [-0.05, 0) is 69.6 Å². The molecule has 2 heterocycles. The van der Waals surface area contributed by atoms with E-state index in [0.717, 1.165) is 31.5 Å². The monoisotopic (exact) mass is 441 g/mol. The van der Waals surface area contributed by atoms with Crippen molar-refractivity contribution in [2.75, 3.05) is 38.7 Å². The summed E-state index contributed by atoms with van der Waals surface area (Å²) in [5, 5.41) is 13.3. The zero-order valence-corrected chi connectivity index (χ0v) is 18.8. The Balaban J connectivity index is 1.42. The number of benzene rings is 1. The predicted molar refractivity (Wildman–Crippen MR) is 121 cm³/mol. The Morgan fingerprint density at radius 2 is 1.97 bits per heavy atom. The topological polar surface area (TPSA) is 101 Å². The third-order valence-corrected chi connectivity index (χ3v) is 5.59. The van der Waals surface area contributed by atoms with Gasteiger partial charge in [0.15, 0.2) is 17.3 Å². The molecule has 1 aromatic carbocycles. The molecule has 32 heavy (non-hydrogen) atoms. The number of ketones is 1. The number of pyridine rings is 1. The number of methoxy groups -OCH3 is 1. The highest BCUT2D eigenvalue weighted by Gasteiger charge is 2.26. The number of rotatable bonds is 9. The SMILES string of the molecule is COc1cc(C(C)=O)ccc1OCC(O)CN1CCC(C(=O)Nc2ccc(C)cn2)CC1. The van der Waals surface area contributed by atoms with Gasteiger partial charge >= 0.3 is 0 Å². The number of nitrogens with one attached hydrogen (secondary N) is 1. The Kier molecular flexibility index (Phi) is 8.19. The number of likely N-dealkylation sites (tertiary alicyclic amines) is 1. The Hall–Kier alpha value is -2.97. The number of aromatic nitrogens is 1. The number of anilines is 1. The van der Waals surface area contributed by atoms with Crippen molar-refractivity contribution in [3.8, 4) is 11.5 Å². The average Bonchev–Trinajstić information content (AvgIpc) is 2.79. The van der Waals surface area contributed by atoms with Crippen LogP contribution in [0.15, 0.2) is 36.5 Å². The summed E-state index contributed by atoms with van der Waals surface area (Å²) in [4.78, 5) is 30.4. The highest BCUT2D eigenvalue weighted by Crippen LogP contribution is 2.28. The van der Waals surface area contributed by atoms with E-state index in [2.05, 4.69) is 15.2 Å². The van der Waals surface area contributed by atoms with Crippen molar-refractivity contribution < 1.29 is 24.2 Å². The van der Waals surface area contributed by atoms with E-state index in [1.165, 1.54) is 14.0 Å². The van der Waals surface area contributed by atoms with Crippen LogP contribution in [-0.4, -0.2) is 66.1 Å². The number of aryl methyl sites for hydroxylation is 1. The molecule has 1 aliphatic heterocycles. The number of piperidine rings is 1. The number of β-amino-alcohol motifs (C(OH)–C–C–N with tert-alkyl or cyclic N) is 1. The fourth-order valence-corrected chi connectivity index (χ4v) is 3.69. The number of carbonyl (C=O) groups is 2. The van der Waals surface area contributed by atoms with Crippen molar-refractivity contribution in [1.29, 1.82) is 0 Å². The summed E-state index contributed by atoms with van der Waals surface area (Å²) in [5.41, 5.74) is 1.59. The second kappa shape index (κ2) is 11.1. The molecule has 8 nitrogen and oxygen atoms in total. The molecule has 1 amide bonds. The van der Waals surface area contributed by atoms with E-state index in [9.17, 15) is 14.7 Å². The fraction of sp³-hybridized carbons (Fsp3) is 0.458. The summed E-state index contributed by atoms with van der Waals surface area (Å²) in [6.45, 7) is 5.47. The van der Waals surface area contributed by atoms with Crippen molar-refractivity contribution in [3.05, 3.63) is 47.7 Å². The standard InChI is InChI=1S/C24H31N3O5/c1-16-4-7-23(25-13-16)26-24(30)18-8-10-27(11-9-18)14-20(29)15-32-21-6-5-19(17(2)28)12-22(21)31-3/h4-7,12-13,18,20,29H,8-11,14-15H2,1-3H3,(H,25,26,30). The van der Waals surface area contributed by atoms with Crippen LogP contribution in [0.3, 0.4) is 0 Å². The minimum atomic E-state index is -0.686. The van der Waals surface area contributed by atoms with Crippen LogP contribution < -0.4 is 14.8 Å². The maximum absolute atomic E-state index is 12.5. The molecule has 1 aliphatic rings. The number of carbonyl (C=O) groups excluding carboxylic acids is 2. The van der Waals surface area contributed by atoms with Gasteiger partial charge in [0.2, 0.25) is 5.91 Å². The molecule has 1 unspecified atom stereocenters. The molecule has 1 atom stereocenters. The van der Waals surface area contributed by atoms with Gasteiger partial charge in [-0.1, -0.05) is 6.07 Å². The van der Waals surface area contributed by atoms with Gasteiger partial charge in [-0.25, -0.2) is 4.98 Å². The first kappa shape index (κ1) is 23.7. The third-order valence-electron chi connectivity index (χ3n) is 5.59. The number of Topliss-reactive ketones (excluding diaryl/α,β-unsaturated/α-hetero) is 1. The first-order valence-corrected chi connectivity index (χ1v) is 10.8. The van der Waals surface area contributed by atoms with Crippen LogP contribution in [0.5, 0.6) is 11.5 Å². The Morgan fingerprint density at radius 3 is 2.59 bits per heavy atom. The Bertz CT molecular complexity index is 924. The van der Waals surface area contributed by atoms with Gasteiger partial charge in [-0.2, -0.15) is 0 Å². The number of hydrogen-bond acceptors (Lipinski definition) is 7. The van der Waals surface area contributed by atoms with Crippen molar-refractivity contribution in [2.24, 2.45) is 5.92 Å². The number of nitrogens with zero attached hydrogens (tertiary/aromatic N) is 2. The molecule has 2 aromatic rings. The largest absolute Gasteiger partial charge is 0.493 e. The first-order chi connectivity index (χ1) is 15.4. The smallest absolute Gasteiger partial charge is 0.228 e. The maximum atomic E-state index is 12.5. The van der Waals surface area contributed by atoms with Gasteiger partial charge in [-0.3, -0.25) is 9.59 Å². The molecule has 1 aromatic heterocycles. The lowest BCUT2D eigenvalue weighted by molar-refractivity contribution is -0.121. The zero-order chi connectivity index (χ0) is 23.1. The molecule has 0 aliphatic carbocycles. The number of hydrogen-bond donors (Lipinski definition) is 2. The van der Waals surface area contributed by atoms with E-state index in [0.29, 0.717) is 29.4 Å². The second-order valence-electron chi connectivity index (χ2n) is 8.17. The van der Waals surface area contributed by atoms with Crippen molar-refractivity contribution >= 4 is 17.5 Å². The number of aliphatic hydroxyl groups excluding tert-OH is 1. The van der Waals surface area contributed by atoms with E-state index < -0.39 is 6.10 Å².